The predicted molar refractivity (Wildman–Crippen MR) is 104 cm³/mol. The van der Waals surface area contributed by atoms with E-state index in [0.717, 1.165) is 24.3 Å². The second kappa shape index (κ2) is 7.55. The number of hydrogen-bond donors (Lipinski definition) is 2. The van der Waals surface area contributed by atoms with E-state index < -0.39 is 23.6 Å². The van der Waals surface area contributed by atoms with Crippen molar-refractivity contribution < 1.29 is 27.5 Å². The normalized spacial score (nSPS) is 11.6. The van der Waals surface area contributed by atoms with E-state index in [1.165, 1.54) is 30.3 Å². The highest BCUT2D eigenvalue weighted by atomic mass is 35.5. The molecule has 2 heterocycles. The number of nitrogens with zero attached hydrogens (tertiary/aromatic N) is 3. The van der Waals surface area contributed by atoms with Gasteiger partial charge in [0.05, 0.1) is 11.4 Å². The third kappa shape index (κ3) is 4.15. The molecule has 1 amide bonds. The first kappa shape index (κ1) is 20.6. The van der Waals surface area contributed by atoms with E-state index in [9.17, 15) is 27.5 Å². The summed E-state index contributed by atoms with van der Waals surface area (Å²) in [6, 6.07) is 10.5. The number of halogens is 5. The number of hydrogen-bond acceptors (Lipinski definition) is 4. The maximum Gasteiger partial charge on any atom is 0.433 e. The molecule has 0 spiro atoms. The molecule has 2 aromatic heterocycles. The van der Waals surface area contributed by atoms with Crippen molar-refractivity contribution in [2.45, 2.75) is 6.18 Å². The van der Waals surface area contributed by atoms with Crippen LogP contribution in [0.25, 0.3) is 16.9 Å². The average molecular weight is 451 g/mol. The van der Waals surface area contributed by atoms with Crippen LogP contribution in [0, 0.1) is 5.82 Å². The van der Waals surface area contributed by atoms with Gasteiger partial charge in [-0.15, -0.1) is 0 Å². The molecule has 0 unspecified atom stereocenters. The van der Waals surface area contributed by atoms with Crippen molar-refractivity contribution in [2.24, 2.45) is 0 Å². The van der Waals surface area contributed by atoms with Crippen LogP contribution in [0.15, 0.2) is 54.6 Å². The fraction of sp³-hybridized carbons (Fsp3) is 0.0500. The molecule has 0 aliphatic heterocycles. The number of aromatic hydroxyl groups is 1. The van der Waals surface area contributed by atoms with E-state index in [1.54, 1.807) is 0 Å². The van der Waals surface area contributed by atoms with Gasteiger partial charge in [-0.3, -0.25) is 4.79 Å². The van der Waals surface area contributed by atoms with E-state index in [1.807, 2.05) is 0 Å². The Morgan fingerprint density at radius 3 is 2.45 bits per heavy atom. The SMILES string of the molecule is O=C(Nc1cc(Cl)ccc1O)c1cc2nc(-c3ccc(F)cc3)cc(C(F)(F)F)n2n1. The number of carbonyl (C=O) groups excluding carboxylic acids is 1. The van der Waals surface area contributed by atoms with Crippen LogP contribution in [0.2, 0.25) is 5.02 Å². The lowest BCUT2D eigenvalue weighted by atomic mass is 10.1. The Morgan fingerprint density at radius 1 is 1.06 bits per heavy atom. The molecule has 0 bridgehead atoms. The highest BCUT2D eigenvalue weighted by Gasteiger charge is 2.35. The van der Waals surface area contributed by atoms with Gasteiger partial charge in [0.25, 0.3) is 5.91 Å². The summed E-state index contributed by atoms with van der Waals surface area (Å²) in [6.45, 7) is 0. The Kier molecular flexibility index (Phi) is 5.02. The van der Waals surface area contributed by atoms with E-state index in [-0.39, 0.29) is 39.1 Å². The minimum atomic E-state index is -4.80. The van der Waals surface area contributed by atoms with Gasteiger partial charge in [-0.25, -0.2) is 13.9 Å². The molecular weight excluding hydrogens is 440 g/mol. The molecule has 0 saturated carbocycles. The quantitative estimate of drug-likeness (QED) is 0.333. The number of fused-ring (bicyclic) bond motifs is 1. The highest BCUT2D eigenvalue weighted by Crippen LogP contribution is 2.33. The first-order chi connectivity index (χ1) is 14.6. The Balaban J connectivity index is 1.79. The molecule has 0 aliphatic rings. The fourth-order valence-corrected chi connectivity index (χ4v) is 3.02. The third-order valence-electron chi connectivity index (χ3n) is 4.30. The van der Waals surface area contributed by atoms with Crippen molar-refractivity contribution in [2.75, 3.05) is 5.32 Å². The molecule has 0 aliphatic carbocycles. The van der Waals surface area contributed by atoms with E-state index >= 15 is 0 Å². The molecule has 0 fully saturated rings. The van der Waals surface area contributed by atoms with Gasteiger partial charge in [0, 0.05) is 16.7 Å². The number of aromatic nitrogens is 3. The van der Waals surface area contributed by atoms with Crippen LogP contribution in [-0.4, -0.2) is 25.6 Å². The summed E-state index contributed by atoms with van der Waals surface area (Å²) in [5, 5.41) is 16.1. The third-order valence-corrected chi connectivity index (χ3v) is 4.53. The summed E-state index contributed by atoms with van der Waals surface area (Å²) >= 11 is 5.83. The number of phenolic OH excluding ortho intramolecular Hbond substituents is 1. The maximum absolute atomic E-state index is 13.6. The summed E-state index contributed by atoms with van der Waals surface area (Å²) in [5.74, 6) is -1.71. The van der Waals surface area contributed by atoms with Crippen molar-refractivity contribution in [3.05, 3.63) is 76.8 Å². The number of anilines is 1. The fourth-order valence-electron chi connectivity index (χ4n) is 2.85. The van der Waals surface area contributed by atoms with Gasteiger partial charge >= 0.3 is 6.18 Å². The molecule has 0 radical (unpaired) electrons. The van der Waals surface area contributed by atoms with Crippen LogP contribution in [0.4, 0.5) is 23.2 Å². The number of amides is 1. The number of phenols is 1. The van der Waals surface area contributed by atoms with E-state index in [4.69, 9.17) is 11.6 Å². The summed E-state index contributed by atoms with van der Waals surface area (Å²) in [7, 11) is 0. The minimum absolute atomic E-state index is 0.0365. The van der Waals surface area contributed by atoms with Crippen LogP contribution in [0.5, 0.6) is 5.75 Å². The lowest BCUT2D eigenvalue weighted by Gasteiger charge is -2.11. The highest BCUT2D eigenvalue weighted by molar-refractivity contribution is 6.31. The standard InChI is InChI=1S/C20H11ClF4N4O2/c21-11-3-6-16(30)14(7-11)27-19(31)15-9-18-26-13(10-1-4-12(22)5-2-10)8-17(20(23,24)25)29(18)28-15/h1-9,30H,(H,27,31). The van der Waals surface area contributed by atoms with Crippen LogP contribution in [-0.2, 0) is 6.18 Å². The van der Waals surface area contributed by atoms with Crippen molar-refractivity contribution in [1.82, 2.24) is 14.6 Å². The molecule has 31 heavy (non-hydrogen) atoms. The van der Waals surface area contributed by atoms with Crippen LogP contribution in [0.1, 0.15) is 16.2 Å². The molecule has 2 aromatic carbocycles. The lowest BCUT2D eigenvalue weighted by Crippen LogP contribution is -2.15. The number of nitrogens with one attached hydrogen (secondary N) is 1. The molecule has 0 saturated heterocycles. The summed E-state index contributed by atoms with van der Waals surface area (Å²) in [6.07, 6.45) is -4.80. The molecular formula is C20H11ClF4N4O2. The molecule has 0 atom stereocenters. The minimum Gasteiger partial charge on any atom is -0.506 e. The van der Waals surface area contributed by atoms with Gasteiger partial charge in [-0.05, 0) is 48.5 Å². The van der Waals surface area contributed by atoms with Gasteiger partial charge < -0.3 is 10.4 Å². The number of alkyl halides is 3. The topological polar surface area (TPSA) is 79.5 Å². The molecule has 2 N–H and O–H groups in total. The van der Waals surface area contributed by atoms with Crippen molar-refractivity contribution in [3.8, 4) is 17.0 Å². The van der Waals surface area contributed by atoms with Crippen LogP contribution < -0.4 is 5.32 Å². The monoisotopic (exact) mass is 450 g/mol. The summed E-state index contributed by atoms with van der Waals surface area (Å²) < 4.78 is 54.6. The van der Waals surface area contributed by atoms with Crippen molar-refractivity contribution in [1.29, 1.82) is 0 Å². The molecule has 4 aromatic rings. The van der Waals surface area contributed by atoms with E-state index in [2.05, 4.69) is 15.4 Å². The second-order valence-electron chi connectivity index (χ2n) is 6.45. The van der Waals surface area contributed by atoms with Crippen molar-refractivity contribution in [3.63, 3.8) is 0 Å². The van der Waals surface area contributed by atoms with Gasteiger partial charge in [-0.2, -0.15) is 18.3 Å². The Labute approximate surface area is 176 Å². The van der Waals surface area contributed by atoms with E-state index in [0.29, 0.717) is 4.52 Å². The van der Waals surface area contributed by atoms with Gasteiger partial charge in [-0.1, -0.05) is 11.6 Å². The first-order valence-electron chi connectivity index (χ1n) is 8.65. The van der Waals surface area contributed by atoms with Gasteiger partial charge in [0.2, 0.25) is 0 Å². The zero-order valence-electron chi connectivity index (χ0n) is 15.3. The Hall–Kier alpha value is -3.66. The number of rotatable bonds is 3. The molecule has 4 rings (SSSR count). The largest absolute Gasteiger partial charge is 0.506 e. The molecule has 6 nitrogen and oxygen atoms in total. The van der Waals surface area contributed by atoms with Crippen LogP contribution >= 0.6 is 11.6 Å². The summed E-state index contributed by atoms with van der Waals surface area (Å²) in [5.41, 5.74) is -1.63. The first-order valence-corrected chi connectivity index (χ1v) is 9.03. The van der Waals surface area contributed by atoms with Gasteiger partial charge in [0.1, 0.15) is 11.6 Å². The average Bonchev–Trinajstić information content (AvgIpc) is 3.14. The maximum atomic E-state index is 13.6. The zero-order valence-corrected chi connectivity index (χ0v) is 16.0. The lowest BCUT2D eigenvalue weighted by molar-refractivity contribution is -0.142. The molecule has 158 valence electrons. The summed E-state index contributed by atoms with van der Waals surface area (Å²) in [4.78, 5) is 16.6. The Morgan fingerprint density at radius 2 is 1.77 bits per heavy atom. The smallest absolute Gasteiger partial charge is 0.433 e. The molecule has 11 heteroatoms. The van der Waals surface area contributed by atoms with Gasteiger partial charge in [0.15, 0.2) is 17.0 Å². The van der Waals surface area contributed by atoms with Crippen molar-refractivity contribution >= 4 is 28.8 Å². The Bertz CT molecular complexity index is 1300. The van der Waals surface area contributed by atoms with Crippen LogP contribution in [0.3, 0.4) is 0 Å². The number of carbonyl (C=O) groups is 1. The zero-order chi connectivity index (χ0) is 22.3. The number of benzene rings is 2. The second-order valence-corrected chi connectivity index (χ2v) is 6.88. The predicted octanol–water partition coefficient (Wildman–Crippen LogP) is 5.17.